The summed E-state index contributed by atoms with van der Waals surface area (Å²) in [5.41, 5.74) is 0. The minimum atomic E-state index is 0.287. The molecule has 0 saturated heterocycles. The quantitative estimate of drug-likeness (QED) is 0.347. The van der Waals surface area contributed by atoms with Gasteiger partial charge < -0.3 is 9.47 Å². The van der Waals surface area contributed by atoms with E-state index in [0.29, 0.717) is 12.7 Å². The van der Waals surface area contributed by atoms with Crippen LogP contribution < -0.4 is 0 Å². The molecule has 80 valence electrons. The van der Waals surface area contributed by atoms with Crippen molar-refractivity contribution in [3.63, 3.8) is 0 Å². The third-order valence-corrected chi connectivity index (χ3v) is 2.09. The summed E-state index contributed by atoms with van der Waals surface area (Å²) in [5, 5.41) is 0.287. The summed E-state index contributed by atoms with van der Waals surface area (Å²) in [6, 6.07) is 0. The van der Waals surface area contributed by atoms with E-state index in [0.717, 1.165) is 19.4 Å². The first-order chi connectivity index (χ1) is 6.16. The van der Waals surface area contributed by atoms with Gasteiger partial charge in [0.1, 0.15) is 6.79 Å². The van der Waals surface area contributed by atoms with Crippen LogP contribution in [-0.4, -0.2) is 25.9 Å². The van der Waals surface area contributed by atoms with Crippen LogP contribution in [0.3, 0.4) is 0 Å². The molecule has 0 radical (unpaired) electrons. The Kier molecular flexibility index (Phi) is 8.93. The molecule has 0 spiro atoms. The van der Waals surface area contributed by atoms with Gasteiger partial charge in [-0.25, -0.2) is 0 Å². The van der Waals surface area contributed by atoms with Crippen molar-refractivity contribution in [1.82, 2.24) is 0 Å². The molecule has 0 rings (SSSR count). The first-order valence-corrected chi connectivity index (χ1v) is 5.31. The Balaban J connectivity index is 3.12. The van der Waals surface area contributed by atoms with E-state index in [1.165, 1.54) is 6.42 Å². The van der Waals surface area contributed by atoms with Gasteiger partial charge in [0.2, 0.25) is 0 Å². The maximum absolute atomic E-state index is 5.88. The Hall–Kier alpha value is 0.210. The maximum Gasteiger partial charge on any atom is 0.146 e. The van der Waals surface area contributed by atoms with Crippen molar-refractivity contribution in [3.05, 3.63) is 0 Å². The average molecular weight is 209 g/mol. The van der Waals surface area contributed by atoms with Crippen LogP contribution in [0.25, 0.3) is 0 Å². The zero-order valence-electron chi connectivity index (χ0n) is 8.88. The number of alkyl halides is 1. The normalized spacial score (nSPS) is 15.7. The van der Waals surface area contributed by atoms with E-state index in [9.17, 15) is 0 Å². The smallest absolute Gasteiger partial charge is 0.146 e. The minimum Gasteiger partial charge on any atom is -0.359 e. The van der Waals surface area contributed by atoms with E-state index >= 15 is 0 Å². The zero-order chi connectivity index (χ0) is 10.1. The number of hydrogen-bond donors (Lipinski definition) is 0. The van der Waals surface area contributed by atoms with Crippen LogP contribution >= 0.6 is 11.6 Å². The van der Waals surface area contributed by atoms with Gasteiger partial charge in [0.05, 0.1) is 0 Å². The summed E-state index contributed by atoms with van der Waals surface area (Å²) in [6.07, 6.45) is 3.36. The van der Waals surface area contributed by atoms with Gasteiger partial charge in [-0.15, -0.1) is 11.6 Å². The number of ether oxygens (including phenoxy) is 2. The average Bonchev–Trinajstić information content (AvgIpc) is 2.02. The summed E-state index contributed by atoms with van der Waals surface area (Å²) in [7, 11) is 1.64. The van der Waals surface area contributed by atoms with E-state index in [-0.39, 0.29) is 5.38 Å². The molecule has 2 nitrogen and oxygen atoms in total. The van der Waals surface area contributed by atoms with Gasteiger partial charge in [0.25, 0.3) is 0 Å². The van der Waals surface area contributed by atoms with Gasteiger partial charge in [0.15, 0.2) is 0 Å². The van der Waals surface area contributed by atoms with Crippen LogP contribution in [0.4, 0.5) is 0 Å². The van der Waals surface area contributed by atoms with Crippen LogP contribution in [0.2, 0.25) is 0 Å². The number of rotatable bonds is 8. The number of methoxy groups -OCH3 is 1. The Morgan fingerprint density at radius 3 is 2.54 bits per heavy atom. The lowest BCUT2D eigenvalue weighted by Gasteiger charge is -2.12. The van der Waals surface area contributed by atoms with Crippen molar-refractivity contribution in [2.75, 3.05) is 20.5 Å². The first kappa shape index (κ1) is 13.2. The summed E-state index contributed by atoms with van der Waals surface area (Å²) in [6.45, 7) is 5.46. The summed E-state index contributed by atoms with van der Waals surface area (Å²) in [5.74, 6) is 0.693. The topological polar surface area (TPSA) is 18.5 Å². The van der Waals surface area contributed by atoms with Gasteiger partial charge in [-0.1, -0.05) is 6.92 Å². The predicted octanol–water partition coefficient (Wildman–Crippen LogP) is 3.04. The van der Waals surface area contributed by atoms with E-state index in [1.807, 2.05) is 6.92 Å². The third kappa shape index (κ3) is 10.1. The second-order valence-electron chi connectivity index (χ2n) is 3.58. The summed E-state index contributed by atoms with van der Waals surface area (Å²) < 4.78 is 9.95. The molecular formula is C10H21ClO2. The SMILES string of the molecule is COCOCCCC(C)CC(C)Cl. The minimum absolute atomic E-state index is 0.287. The van der Waals surface area contributed by atoms with Crippen molar-refractivity contribution in [3.8, 4) is 0 Å². The second kappa shape index (κ2) is 8.79. The van der Waals surface area contributed by atoms with Gasteiger partial charge in [-0.05, 0) is 32.1 Å². The number of halogens is 1. The molecule has 0 aliphatic heterocycles. The summed E-state index contributed by atoms with van der Waals surface area (Å²) in [4.78, 5) is 0. The van der Waals surface area contributed by atoms with Gasteiger partial charge in [0, 0.05) is 19.1 Å². The lowest BCUT2D eigenvalue weighted by Crippen LogP contribution is -2.05. The Morgan fingerprint density at radius 2 is 2.00 bits per heavy atom. The van der Waals surface area contributed by atoms with E-state index in [1.54, 1.807) is 7.11 Å². The van der Waals surface area contributed by atoms with Crippen molar-refractivity contribution >= 4 is 11.6 Å². The van der Waals surface area contributed by atoms with Crippen molar-refractivity contribution in [2.45, 2.75) is 38.5 Å². The Labute approximate surface area is 86.6 Å². The highest BCUT2D eigenvalue weighted by atomic mass is 35.5. The fourth-order valence-electron chi connectivity index (χ4n) is 1.35. The highest BCUT2D eigenvalue weighted by Gasteiger charge is 2.05. The second-order valence-corrected chi connectivity index (χ2v) is 4.32. The molecule has 0 saturated carbocycles. The zero-order valence-corrected chi connectivity index (χ0v) is 9.64. The Bertz CT molecular complexity index is 107. The highest BCUT2D eigenvalue weighted by molar-refractivity contribution is 6.20. The third-order valence-electron chi connectivity index (χ3n) is 1.91. The standard InChI is InChI=1S/C10H21ClO2/c1-9(7-10(2)11)5-4-6-13-8-12-3/h9-10H,4-8H2,1-3H3. The first-order valence-electron chi connectivity index (χ1n) is 4.87. The molecule has 0 fully saturated rings. The highest BCUT2D eigenvalue weighted by Crippen LogP contribution is 2.15. The molecule has 0 amide bonds. The van der Waals surface area contributed by atoms with E-state index in [4.69, 9.17) is 21.1 Å². The van der Waals surface area contributed by atoms with Gasteiger partial charge in [-0.3, -0.25) is 0 Å². The van der Waals surface area contributed by atoms with Crippen LogP contribution in [0, 0.1) is 5.92 Å². The molecule has 13 heavy (non-hydrogen) atoms. The molecule has 0 aromatic rings. The molecular weight excluding hydrogens is 188 g/mol. The van der Waals surface area contributed by atoms with Gasteiger partial charge in [-0.2, -0.15) is 0 Å². The molecule has 0 aliphatic rings. The molecule has 2 unspecified atom stereocenters. The van der Waals surface area contributed by atoms with E-state index in [2.05, 4.69) is 6.92 Å². The molecule has 0 aromatic heterocycles. The monoisotopic (exact) mass is 208 g/mol. The van der Waals surface area contributed by atoms with Crippen molar-refractivity contribution < 1.29 is 9.47 Å². The molecule has 0 N–H and O–H groups in total. The number of hydrogen-bond acceptors (Lipinski definition) is 2. The largest absolute Gasteiger partial charge is 0.359 e. The van der Waals surface area contributed by atoms with Crippen LogP contribution in [0.1, 0.15) is 33.1 Å². The van der Waals surface area contributed by atoms with Crippen LogP contribution in [0.15, 0.2) is 0 Å². The maximum atomic E-state index is 5.88. The molecule has 3 heteroatoms. The summed E-state index contributed by atoms with van der Waals surface area (Å²) >= 11 is 5.88. The lowest BCUT2D eigenvalue weighted by atomic mass is 10.0. The van der Waals surface area contributed by atoms with Gasteiger partial charge >= 0.3 is 0 Å². The van der Waals surface area contributed by atoms with E-state index < -0.39 is 0 Å². The molecule has 0 aromatic carbocycles. The van der Waals surface area contributed by atoms with Crippen LogP contribution in [-0.2, 0) is 9.47 Å². The fraction of sp³-hybridized carbons (Fsp3) is 1.00. The van der Waals surface area contributed by atoms with Crippen molar-refractivity contribution in [1.29, 1.82) is 0 Å². The molecule has 0 heterocycles. The van der Waals surface area contributed by atoms with Crippen LogP contribution in [0.5, 0.6) is 0 Å². The Morgan fingerprint density at radius 1 is 1.31 bits per heavy atom. The molecule has 0 aliphatic carbocycles. The molecule has 0 bridgehead atoms. The van der Waals surface area contributed by atoms with Crippen molar-refractivity contribution in [2.24, 2.45) is 5.92 Å². The predicted molar refractivity (Wildman–Crippen MR) is 56.2 cm³/mol. The molecule has 2 atom stereocenters. The fourth-order valence-corrected chi connectivity index (χ4v) is 1.65. The lowest BCUT2D eigenvalue weighted by molar-refractivity contribution is -0.0322.